The third-order valence-corrected chi connectivity index (χ3v) is 3.85. The Morgan fingerprint density at radius 2 is 1.29 bits per heavy atom. The van der Waals surface area contributed by atoms with Crippen molar-refractivity contribution in [3.05, 3.63) is 12.2 Å². The van der Waals surface area contributed by atoms with E-state index >= 15 is 0 Å². The van der Waals surface area contributed by atoms with E-state index in [0.29, 0.717) is 6.42 Å². The van der Waals surface area contributed by atoms with Crippen LogP contribution in [0, 0.1) is 0 Å². The van der Waals surface area contributed by atoms with Crippen molar-refractivity contribution in [1.29, 1.82) is 0 Å². The lowest BCUT2D eigenvalue weighted by Crippen LogP contribution is -2.04. The van der Waals surface area contributed by atoms with Crippen molar-refractivity contribution < 1.29 is 17.2 Å². The smallest absolute Gasteiger partial charge is 0.264 e. The minimum atomic E-state index is -4.25. The van der Waals surface area contributed by atoms with Gasteiger partial charge < -0.3 is 0 Å². The van der Waals surface area contributed by atoms with Gasteiger partial charge in [-0.3, -0.25) is 4.55 Å². The molecule has 0 spiro atoms. The van der Waals surface area contributed by atoms with E-state index in [1.165, 1.54) is 57.8 Å². The first-order valence-corrected chi connectivity index (χ1v) is 9.69. The molecule has 0 radical (unpaired) electrons. The molecule has 4 nitrogen and oxygen atoms in total. The van der Waals surface area contributed by atoms with Crippen LogP contribution >= 0.6 is 0 Å². The molecule has 5 heteroatoms. The largest absolute Gasteiger partial charge is 0.397 e. The van der Waals surface area contributed by atoms with E-state index in [4.69, 9.17) is 4.55 Å². The normalized spacial score (nSPS) is 12.3. The van der Waals surface area contributed by atoms with Gasteiger partial charge in [-0.05, 0) is 32.1 Å². The number of hydrogen-bond acceptors (Lipinski definition) is 3. The molecule has 21 heavy (non-hydrogen) atoms. The van der Waals surface area contributed by atoms with Crippen molar-refractivity contribution in [3.8, 4) is 0 Å². The van der Waals surface area contributed by atoms with Crippen LogP contribution < -0.4 is 0 Å². The average molecular weight is 320 g/mol. The van der Waals surface area contributed by atoms with Crippen molar-refractivity contribution in [1.82, 2.24) is 0 Å². The average Bonchev–Trinajstić information content (AvgIpc) is 2.42. The molecule has 0 aromatic carbocycles. The molecule has 0 aliphatic carbocycles. The van der Waals surface area contributed by atoms with Gasteiger partial charge in [0.25, 0.3) is 0 Å². The standard InChI is InChI=1S/C16H32O4S/c1-2-3-4-5-6-7-8-9-10-11-12-13-14-15-16-20-21(17,18)19/h7-8H,2-6,9-16H2,1H3,(H,17,18,19)/b8-7+. The Hall–Kier alpha value is -0.390. The molecule has 0 heterocycles. The lowest BCUT2D eigenvalue weighted by atomic mass is 10.1. The number of allylic oxidation sites excluding steroid dienone is 2. The summed E-state index contributed by atoms with van der Waals surface area (Å²) >= 11 is 0. The molecule has 0 aliphatic heterocycles. The molecule has 0 atom stereocenters. The van der Waals surface area contributed by atoms with Gasteiger partial charge in [0.2, 0.25) is 0 Å². The van der Waals surface area contributed by atoms with Gasteiger partial charge in [0.15, 0.2) is 0 Å². The summed E-state index contributed by atoms with van der Waals surface area (Å²) in [6.45, 7) is 2.32. The van der Waals surface area contributed by atoms with Gasteiger partial charge >= 0.3 is 10.4 Å². The molecule has 1 N–H and O–H groups in total. The second kappa shape index (κ2) is 14.5. The molecular formula is C16H32O4S. The van der Waals surface area contributed by atoms with Crippen LogP contribution in [0.2, 0.25) is 0 Å². The van der Waals surface area contributed by atoms with Crippen LogP contribution in [-0.4, -0.2) is 19.6 Å². The van der Waals surface area contributed by atoms with E-state index in [1.807, 2.05) is 0 Å². The topological polar surface area (TPSA) is 63.6 Å². The van der Waals surface area contributed by atoms with Crippen molar-refractivity contribution in [2.45, 2.75) is 84.0 Å². The highest BCUT2D eigenvalue weighted by Gasteiger charge is 2.02. The zero-order valence-corrected chi connectivity index (χ0v) is 14.2. The second-order valence-corrected chi connectivity index (χ2v) is 6.57. The molecule has 126 valence electrons. The van der Waals surface area contributed by atoms with Gasteiger partial charge in [0.05, 0.1) is 6.61 Å². The number of rotatable bonds is 15. The Bertz CT molecular complexity index is 336. The summed E-state index contributed by atoms with van der Waals surface area (Å²) in [5, 5.41) is 0. The number of hydrogen-bond donors (Lipinski definition) is 1. The zero-order valence-electron chi connectivity index (χ0n) is 13.4. The van der Waals surface area contributed by atoms with Crippen LogP contribution in [0.3, 0.4) is 0 Å². The minimum Gasteiger partial charge on any atom is -0.264 e. The maximum absolute atomic E-state index is 10.3. The predicted octanol–water partition coefficient (Wildman–Crippen LogP) is 5.06. The highest BCUT2D eigenvalue weighted by Crippen LogP contribution is 2.09. The van der Waals surface area contributed by atoms with Crippen molar-refractivity contribution in [2.24, 2.45) is 0 Å². The summed E-state index contributed by atoms with van der Waals surface area (Å²) in [4.78, 5) is 0. The Labute approximate surface area is 130 Å². The maximum Gasteiger partial charge on any atom is 0.397 e. The van der Waals surface area contributed by atoms with Crippen molar-refractivity contribution in [2.75, 3.05) is 6.61 Å². The summed E-state index contributed by atoms with van der Waals surface area (Å²) in [5.74, 6) is 0. The van der Waals surface area contributed by atoms with E-state index in [2.05, 4.69) is 23.3 Å². The molecule has 0 fully saturated rings. The Morgan fingerprint density at radius 3 is 1.81 bits per heavy atom. The molecule has 0 aromatic heterocycles. The van der Waals surface area contributed by atoms with E-state index in [-0.39, 0.29) is 6.61 Å². The molecule has 0 bridgehead atoms. The summed E-state index contributed by atoms with van der Waals surface area (Å²) < 4.78 is 33.2. The molecule has 0 saturated carbocycles. The third-order valence-electron chi connectivity index (χ3n) is 3.39. The molecule has 0 aromatic rings. The summed E-state index contributed by atoms with van der Waals surface area (Å²) in [5.41, 5.74) is 0. The SMILES string of the molecule is CCCCCC/C=C/CCCCCCCCOS(=O)(=O)O. The van der Waals surface area contributed by atoms with E-state index < -0.39 is 10.4 Å². The van der Waals surface area contributed by atoms with E-state index in [9.17, 15) is 8.42 Å². The van der Waals surface area contributed by atoms with Crippen LogP contribution in [0.1, 0.15) is 84.0 Å². The highest BCUT2D eigenvalue weighted by molar-refractivity contribution is 7.80. The Balaban J connectivity index is 3.13. The zero-order chi connectivity index (χ0) is 15.8. The molecule has 0 aliphatic rings. The summed E-state index contributed by atoms with van der Waals surface area (Å²) in [6.07, 6.45) is 18.6. The van der Waals surface area contributed by atoms with Crippen LogP contribution in [-0.2, 0) is 14.6 Å². The first-order chi connectivity index (χ1) is 10.1. The predicted molar refractivity (Wildman–Crippen MR) is 87.7 cm³/mol. The fraction of sp³-hybridized carbons (Fsp3) is 0.875. The Kier molecular flexibility index (Phi) is 14.3. The fourth-order valence-electron chi connectivity index (χ4n) is 2.16. The van der Waals surface area contributed by atoms with Crippen molar-refractivity contribution >= 4 is 10.4 Å². The quantitative estimate of drug-likeness (QED) is 0.260. The highest BCUT2D eigenvalue weighted by atomic mass is 32.3. The van der Waals surface area contributed by atoms with Crippen LogP contribution in [0.25, 0.3) is 0 Å². The molecule has 0 rings (SSSR count). The minimum absolute atomic E-state index is 0.0829. The molecule has 0 unspecified atom stereocenters. The summed E-state index contributed by atoms with van der Waals surface area (Å²) in [6, 6.07) is 0. The van der Waals surface area contributed by atoms with Crippen LogP contribution in [0.15, 0.2) is 12.2 Å². The van der Waals surface area contributed by atoms with Crippen molar-refractivity contribution in [3.63, 3.8) is 0 Å². The first kappa shape index (κ1) is 20.6. The summed E-state index contributed by atoms with van der Waals surface area (Å²) in [7, 11) is -4.25. The molecule has 0 saturated heterocycles. The van der Waals surface area contributed by atoms with Crippen LogP contribution in [0.5, 0.6) is 0 Å². The lowest BCUT2D eigenvalue weighted by molar-refractivity contribution is 0.261. The van der Waals surface area contributed by atoms with Gasteiger partial charge in [-0.1, -0.05) is 64.0 Å². The third kappa shape index (κ3) is 19.6. The Morgan fingerprint density at radius 1 is 0.810 bits per heavy atom. The first-order valence-electron chi connectivity index (χ1n) is 8.33. The second-order valence-electron chi connectivity index (χ2n) is 5.48. The monoisotopic (exact) mass is 320 g/mol. The van der Waals surface area contributed by atoms with E-state index in [1.54, 1.807) is 0 Å². The number of unbranched alkanes of at least 4 members (excludes halogenated alkanes) is 10. The lowest BCUT2D eigenvalue weighted by Gasteiger charge is -2.01. The molecular weight excluding hydrogens is 288 g/mol. The van der Waals surface area contributed by atoms with Crippen LogP contribution in [0.4, 0.5) is 0 Å². The maximum atomic E-state index is 10.3. The van der Waals surface area contributed by atoms with Gasteiger partial charge in [0.1, 0.15) is 0 Å². The van der Waals surface area contributed by atoms with Gasteiger partial charge in [0, 0.05) is 0 Å². The van der Waals surface area contributed by atoms with Gasteiger partial charge in [-0.15, -0.1) is 0 Å². The fourth-order valence-corrected chi connectivity index (χ4v) is 2.49. The van der Waals surface area contributed by atoms with Gasteiger partial charge in [-0.25, -0.2) is 4.18 Å². The molecule has 0 amide bonds. The van der Waals surface area contributed by atoms with E-state index in [0.717, 1.165) is 12.8 Å². The van der Waals surface area contributed by atoms with Gasteiger partial charge in [-0.2, -0.15) is 8.42 Å².